The molecule has 12 nitrogen and oxygen atoms in total. The molecule has 12 heteroatoms. The minimum atomic E-state index is -0.812. The third kappa shape index (κ3) is 3.91. The lowest BCUT2D eigenvalue weighted by molar-refractivity contribution is -0.135. The Balaban J connectivity index is 1.66. The number of imidazole rings is 1. The van der Waals surface area contributed by atoms with Crippen LogP contribution in [0.4, 0.5) is 0 Å². The molecule has 0 saturated heterocycles. The van der Waals surface area contributed by atoms with Crippen molar-refractivity contribution >= 4 is 23.0 Å². The summed E-state index contributed by atoms with van der Waals surface area (Å²) in [5.74, 6) is 1.01. The van der Waals surface area contributed by atoms with Gasteiger partial charge in [0.05, 0.1) is 20.0 Å². The molecule has 0 saturated carbocycles. The molecule has 2 aromatic heterocycles. The van der Waals surface area contributed by atoms with Crippen LogP contribution in [0.2, 0.25) is 0 Å². The van der Waals surface area contributed by atoms with Crippen LogP contribution in [-0.4, -0.2) is 49.2 Å². The van der Waals surface area contributed by atoms with Gasteiger partial charge in [0.1, 0.15) is 12.2 Å². The summed E-state index contributed by atoms with van der Waals surface area (Å²) in [6.45, 7) is 4.01. The molecule has 3 aromatic rings. The zero-order valence-electron chi connectivity index (χ0n) is 19.6. The lowest BCUT2D eigenvalue weighted by Gasteiger charge is -2.20. The number of hydrogen-bond donors (Lipinski definition) is 0. The van der Waals surface area contributed by atoms with E-state index >= 15 is 0 Å². The lowest BCUT2D eigenvalue weighted by atomic mass is 10.1. The number of nitrogens with zero attached hydrogens (tertiary/aromatic N) is 6. The van der Waals surface area contributed by atoms with Crippen molar-refractivity contribution in [1.82, 2.24) is 23.7 Å². The number of aryl methyl sites for hydroxylation is 1. The van der Waals surface area contributed by atoms with Crippen LogP contribution in [0.1, 0.15) is 32.1 Å². The van der Waals surface area contributed by atoms with E-state index in [9.17, 15) is 14.4 Å². The molecule has 34 heavy (non-hydrogen) atoms. The van der Waals surface area contributed by atoms with Gasteiger partial charge < -0.3 is 18.8 Å². The summed E-state index contributed by atoms with van der Waals surface area (Å²) >= 11 is 0. The molecule has 0 radical (unpaired) electrons. The molecule has 1 aromatic carbocycles. The van der Waals surface area contributed by atoms with E-state index in [0.29, 0.717) is 29.3 Å². The Bertz CT molecular complexity index is 1400. The highest BCUT2D eigenvalue weighted by molar-refractivity contribution is 5.83. The van der Waals surface area contributed by atoms with Crippen molar-refractivity contribution in [3.05, 3.63) is 50.9 Å². The van der Waals surface area contributed by atoms with Crippen molar-refractivity contribution in [1.29, 1.82) is 0 Å². The molecule has 0 N–H and O–H groups in total. The molecule has 0 aliphatic carbocycles. The summed E-state index contributed by atoms with van der Waals surface area (Å²) in [6, 6.07) is 5.29. The van der Waals surface area contributed by atoms with Crippen LogP contribution >= 0.6 is 0 Å². The largest absolute Gasteiger partial charge is 0.493 e. The van der Waals surface area contributed by atoms with Gasteiger partial charge >= 0.3 is 5.69 Å². The van der Waals surface area contributed by atoms with Crippen molar-refractivity contribution < 1.29 is 19.0 Å². The highest BCUT2D eigenvalue weighted by Crippen LogP contribution is 2.35. The van der Waals surface area contributed by atoms with Gasteiger partial charge in [-0.3, -0.25) is 18.7 Å². The fourth-order valence-corrected chi connectivity index (χ4v) is 3.76. The van der Waals surface area contributed by atoms with Crippen molar-refractivity contribution in [2.75, 3.05) is 13.7 Å². The Morgan fingerprint density at radius 1 is 1.18 bits per heavy atom. The Labute approximate surface area is 194 Å². The topological polar surface area (TPSA) is 122 Å². The fraction of sp³-hybridized carbons (Fsp3) is 0.409. The Morgan fingerprint density at radius 2 is 1.94 bits per heavy atom. The van der Waals surface area contributed by atoms with Gasteiger partial charge in [-0.05, 0) is 24.6 Å². The summed E-state index contributed by atoms with van der Waals surface area (Å²) in [5, 5.41) is 5.56. The number of benzene rings is 1. The molecular weight excluding hydrogens is 444 g/mol. The average Bonchev–Trinajstić information content (AvgIpc) is 3.45. The van der Waals surface area contributed by atoms with Gasteiger partial charge in [0.15, 0.2) is 17.0 Å². The minimum Gasteiger partial charge on any atom is -0.493 e. The standard InChI is InChI=1S/C22H26N6O6/c1-6-9-33-15-8-7-14(10-16(15)32-5)21-28(13(2)29)24-17(34-21)11-27-12-23-18-19(27)25(3)22(31)26(4)20(18)30/h7-8,10,12,21H,6,9,11H2,1-5H3/t21-/m0/s1. The Morgan fingerprint density at radius 3 is 2.62 bits per heavy atom. The average molecular weight is 470 g/mol. The van der Waals surface area contributed by atoms with Crippen molar-refractivity contribution in [3.8, 4) is 11.5 Å². The van der Waals surface area contributed by atoms with E-state index in [1.807, 2.05) is 6.92 Å². The van der Waals surface area contributed by atoms with E-state index in [4.69, 9.17) is 14.2 Å². The monoisotopic (exact) mass is 470 g/mol. The Hall–Kier alpha value is -4.09. The first-order valence-corrected chi connectivity index (χ1v) is 10.7. The molecule has 1 aliphatic rings. The van der Waals surface area contributed by atoms with Crippen LogP contribution in [0, 0.1) is 0 Å². The lowest BCUT2D eigenvalue weighted by Crippen LogP contribution is -2.37. The van der Waals surface area contributed by atoms with Gasteiger partial charge in [-0.2, -0.15) is 5.01 Å². The number of amides is 1. The number of carbonyl (C=O) groups is 1. The molecule has 0 fully saturated rings. The number of hydrazone groups is 1. The van der Waals surface area contributed by atoms with Gasteiger partial charge in [0, 0.05) is 26.6 Å². The van der Waals surface area contributed by atoms with Crippen LogP contribution in [-0.2, 0) is 30.2 Å². The third-order valence-electron chi connectivity index (χ3n) is 5.46. The van der Waals surface area contributed by atoms with Crippen LogP contribution < -0.4 is 20.7 Å². The fourth-order valence-electron chi connectivity index (χ4n) is 3.76. The van der Waals surface area contributed by atoms with Crippen molar-refractivity contribution in [2.24, 2.45) is 19.2 Å². The van der Waals surface area contributed by atoms with Crippen LogP contribution in [0.15, 0.2) is 39.2 Å². The first-order valence-electron chi connectivity index (χ1n) is 10.7. The minimum absolute atomic E-state index is 0.0616. The van der Waals surface area contributed by atoms with Gasteiger partial charge in [0.25, 0.3) is 5.56 Å². The van der Waals surface area contributed by atoms with Crippen LogP contribution in [0.25, 0.3) is 11.2 Å². The normalized spacial score (nSPS) is 15.4. The van der Waals surface area contributed by atoms with Gasteiger partial charge in [0.2, 0.25) is 18.0 Å². The number of rotatable bonds is 7. The molecule has 0 spiro atoms. The second-order valence-electron chi connectivity index (χ2n) is 7.84. The summed E-state index contributed by atoms with van der Waals surface area (Å²) < 4.78 is 21.1. The molecule has 1 amide bonds. The van der Waals surface area contributed by atoms with E-state index < -0.39 is 17.5 Å². The second kappa shape index (κ2) is 9.04. The molecule has 1 aliphatic heterocycles. The van der Waals surface area contributed by atoms with Gasteiger partial charge in [-0.15, -0.1) is 5.10 Å². The maximum Gasteiger partial charge on any atom is 0.332 e. The van der Waals surface area contributed by atoms with E-state index in [0.717, 1.165) is 11.0 Å². The highest BCUT2D eigenvalue weighted by Gasteiger charge is 2.33. The molecular formula is C22H26N6O6. The van der Waals surface area contributed by atoms with Crippen LogP contribution in [0.5, 0.6) is 11.5 Å². The second-order valence-corrected chi connectivity index (χ2v) is 7.84. The van der Waals surface area contributed by atoms with Crippen molar-refractivity contribution in [3.63, 3.8) is 0 Å². The molecule has 0 unspecified atom stereocenters. The smallest absolute Gasteiger partial charge is 0.332 e. The summed E-state index contributed by atoms with van der Waals surface area (Å²) in [6.07, 6.45) is 1.48. The SMILES string of the molecule is CCCOc1ccc([C@@H]2OC(Cn3cnc4c(=O)n(C)c(=O)n(C)c43)=NN2C(C)=O)cc1OC. The highest BCUT2D eigenvalue weighted by atomic mass is 16.5. The van der Waals surface area contributed by atoms with E-state index in [1.165, 1.54) is 37.0 Å². The maximum atomic E-state index is 12.4. The molecule has 180 valence electrons. The van der Waals surface area contributed by atoms with Gasteiger partial charge in [-0.1, -0.05) is 6.92 Å². The predicted molar refractivity (Wildman–Crippen MR) is 123 cm³/mol. The molecule has 3 heterocycles. The zero-order chi connectivity index (χ0) is 24.6. The summed E-state index contributed by atoms with van der Waals surface area (Å²) in [7, 11) is 4.49. The van der Waals surface area contributed by atoms with E-state index in [-0.39, 0.29) is 23.9 Å². The van der Waals surface area contributed by atoms with E-state index in [1.54, 1.807) is 29.8 Å². The third-order valence-corrected chi connectivity index (χ3v) is 5.46. The van der Waals surface area contributed by atoms with E-state index in [2.05, 4.69) is 10.1 Å². The first kappa shape index (κ1) is 23.1. The first-order chi connectivity index (χ1) is 16.3. The molecule has 1 atom stereocenters. The molecule has 0 bridgehead atoms. The number of methoxy groups -OCH3 is 1. The number of ether oxygens (including phenoxy) is 3. The number of hydrogen-bond acceptors (Lipinski definition) is 8. The number of fused-ring (bicyclic) bond motifs is 1. The number of aromatic nitrogens is 4. The quantitative estimate of drug-likeness (QED) is 0.507. The number of carbonyl (C=O) groups excluding carboxylic acids is 1. The zero-order valence-corrected chi connectivity index (χ0v) is 19.6. The van der Waals surface area contributed by atoms with Gasteiger partial charge in [-0.25, -0.2) is 9.78 Å². The Kier molecular flexibility index (Phi) is 6.14. The molecule has 4 rings (SSSR count). The maximum absolute atomic E-state index is 12.4. The summed E-state index contributed by atoms with van der Waals surface area (Å²) in [4.78, 5) is 41.3. The van der Waals surface area contributed by atoms with Crippen LogP contribution in [0.3, 0.4) is 0 Å². The predicted octanol–water partition coefficient (Wildman–Crippen LogP) is 1.12. The summed E-state index contributed by atoms with van der Waals surface area (Å²) in [5.41, 5.74) is 0.152. The van der Waals surface area contributed by atoms with Crippen molar-refractivity contribution in [2.45, 2.75) is 33.0 Å².